The minimum Gasteiger partial charge on any atom is -0.351 e. The minimum absolute atomic E-state index is 0.0116. The molecule has 2 aliphatic heterocycles. The second-order valence-corrected chi connectivity index (χ2v) is 6.64. The molecular formula is C20H21N3O2. The number of benzene rings is 2. The average molecular weight is 335 g/mol. The highest BCUT2D eigenvalue weighted by Gasteiger charge is 2.38. The fourth-order valence-corrected chi connectivity index (χ4v) is 3.91. The Morgan fingerprint density at radius 3 is 2.56 bits per heavy atom. The first kappa shape index (κ1) is 15.7. The van der Waals surface area contributed by atoms with Crippen molar-refractivity contribution in [1.82, 2.24) is 4.90 Å². The van der Waals surface area contributed by atoms with Gasteiger partial charge in [0, 0.05) is 18.8 Å². The Kier molecular flexibility index (Phi) is 3.92. The van der Waals surface area contributed by atoms with Gasteiger partial charge in [0.2, 0.25) is 5.91 Å². The normalized spacial score (nSPS) is 19.1. The van der Waals surface area contributed by atoms with Crippen LogP contribution in [-0.2, 0) is 11.2 Å². The average Bonchev–Trinajstić information content (AvgIpc) is 3.28. The van der Waals surface area contributed by atoms with Gasteiger partial charge in [-0.15, -0.1) is 0 Å². The molecule has 5 heteroatoms. The Labute approximate surface area is 147 Å². The standard InChI is InChI=1S/C20H21N3O2/c21-20(25)23-11-4-7-18(23)19(24)22-12-10-16-13-15(8-9-17(16)22)14-5-2-1-3-6-14/h1-3,5-6,8-9,13,18H,4,7,10-12H2,(H2,21,25)/t18-/m0/s1. The number of likely N-dealkylation sites (tertiary alicyclic amines) is 1. The van der Waals surface area contributed by atoms with Crippen LogP contribution in [0.4, 0.5) is 10.5 Å². The van der Waals surface area contributed by atoms with Gasteiger partial charge >= 0.3 is 6.03 Å². The summed E-state index contributed by atoms with van der Waals surface area (Å²) in [5.41, 5.74) is 9.89. The van der Waals surface area contributed by atoms with Crippen LogP contribution in [0.3, 0.4) is 0 Å². The molecule has 128 valence electrons. The first-order valence-electron chi connectivity index (χ1n) is 8.71. The van der Waals surface area contributed by atoms with E-state index in [0.29, 0.717) is 19.5 Å². The zero-order chi connectivity index (χ0) is 17.4. The molecule has 0 spiro atoms. The lowest BCUT2D eigenvalue weighted by Crippen LogP contribution is -2.49. The Morgan fingerprint density at radius 2 is 1.80 bits per heavy atom. The predicted molar refractivity (Wildman–Crippen MR) is 97.2 cm³/mol. The molecule has 0 unspecified atom stereocenters. The number of hydrogen-bond acceptors (Lipinski definition) is 2. The number of rotatable bonds is 2. The molecule has 2 heterocycles. The summed E-state index contributed by atoms with van der Waals surface area (Å²) < 4.78 is 0. The van der Waals surface area contributed by atoms with E-state index in [0.717, 1.165) is 24.1 Å². The van der Waals surface area contributed by atoms with Crippen LogP contribution in [0.25, 0.3) is 11.1 Å². The smallest absolute Gasteiger partial charge is 0.315 e. The number of hydrogen-bond donors (Lipinski definition) is 1. The van der Waals surface area contributed by atoms with Crippen molar-refractivity contribution in [3.63, 3.8) is 0 Å². The monoisotopic (exact) mass is 335 g/mol. The molecule has 0 radical (unpaired) electrons. The van der Waals surface area contributed by atoms with Gasteiger partial charge in [-0.25, -0.2) is 4.79 Å². The van der Waals surface area contributed by atoms with Crippen molar-refractivity contribution < 1.29 is 9.59 Å². The van der Waals surface area contributed by atoms with E-state index in [9.17, 15) is 9.59 Å². The topological polar surface area (TPSA) is 66.6 Å². The molecule has 1 atom stereocenters. The van der Waals surface area contributed by atoms with Gasteiger partial charge in [-0.3, -0.25) is 4.79 Å². The summed E-state index contributed by atoms with van der Waals surface area (Å²) in [6, 6.07) is 15.5. The number of urea groups is 1. The largest absolute Gasteiger partial charge is 0.351 e. The first-order valence-corrected chi connectivity index (χ1v) is 8.71. The molecule has 3 amide bonds. The first-order chi connectivity index (χ1) is 12.1. The summed E-state index contributed by atoms with van der Waals surface area (Å²) in [5, 5.41) is 0. The molecule has 2 N–H and O–H groups in total. The van der Waals surface area contributed by atoms with E-state index in [2.05, 4.69) is 24.3 Å². The van der Waals surface area contributed by atoms with Gasteiger partial charge in [0.1, 0.15) is 6.04 Å². The van der Waals surface area contributed by atoms with Crippen LogP contribution >= 0.6 is 0 Å². The Bertz CT molecular complexity index is 819. The van der Waals surface area contributed by atoms with Gasteiger partial charge in [0.25, 0.3) is 0 Å². The lowest BCUT2D eigenvalue weighted by molar-refractivity contribution is -0.122. The quantitative estimate of drug-likeness (QED) is 0.917. The van der Waals surface area contributed by atoms with Gasteiger partial charge in [-0.2, -0.15) is 0 Å². The lowest BCUT2D eigenvalue weighted by Gasteiger charge is -2.27. The molecular weight excluding hydrogens is 314 g/mol. The summed E-state index contributed by atoms with van der Waals surface area (Å²) in [4.78, 5) is 27.8. The molecule has 4 rings (SSSR count). The summed E-state index contributed by atoms with van der Waals surface area (Å²) in [5.74, 6) is -0.0116. The molecule has 1 saturated heterocycles. The molecule has 25 heavy (non-hydrogen) atoms. The van der Waals surface area contributed by atoms with Crippen molar-refractivity contribution in [2.45, 2.75) is 25.3 Å². The number of carbonyl (C=O) groups is 2. The van der Waals surface area contributed by atoms with E-state index in [4.69, 9.17) is 5.73 Å². The van der Waals surface area contributed by atoms with E-state index in [1.807, 2.05) is 29.2 Å². The van der Waals surface area contributed by atoms with Crippen LogP contribution in [-0.4, -0.2) is 36.0 Å². The molecule has 0 bridgehead atoms. The second kappa shape index (κ2) is 6.24. The third-order valence-corrected chi connectivity index (χ3v) is 5.17. The third kappa shape index (κ3) is 2.76. The van der Waals surface area contributed by atoms with E-state index in [1.165, 1.54) is 16.0 Å². The Balaban J connectivity index is 1.60. The maximum absolute atomic E-state index is 13.0. The van der Waals surface area contributed by atoms with Crippen molar-refractivity contribution in [2.24, 2.45) is 5.73 Å². The molecule has 2 aromatic carbocycles. The summed E-state index contributed by atoms with van der Waals surface area (Å²) >= 11 is 0. The molecule has 0 saturated carbocycles. The molecule has 2 aromatic rings. The van der Waals surface area contributed by atoms with Gasteiger partial charge in [-0.1, -0.05) is 36.4 Å². The van der Waals surface area contributed by atoms with Crippen LogP contribution in [0.5, 0.6) is 0 Å². The third-order valence-electron chi connectivity index (χ3n) is 5.17. The zero-order valence-electron chi connectivity index (χ0n) is 14.0. The van der Waals surface area contributed by atoms with Crippen LogP contribution in [0.2, 0.25) is 0 Å². The van der Waals surface area contributed by atoms with Gasteiger partial charge in [-0.05, 0) is 48.1 Å². The molecule has 5 nitrogen and oxygen atoms in total. The number of nitrogens with zero attached hydrogens (tertiary/aromatic N) is 2. The fraction of sp³-hybridized carbons (Fsp3) is 0.300. The Morgan fingerprint density at radius 1 is 1.00 bits per heavy atom. The van der Waals surface area contributed by atoms with Crippen LogP contribution in [0.1, 0.15) is 18.4 Å². The van der Waals surface area contributed by atoms with E-state index < -0.39 is 12.1 Å². The lowest BCUT2D eigenvalue weighted by atomic mass is 10.0. The SMILES string of the molecule is NC(=O)N1CCC[C@H]1C(=O)N1CCc2cc(-c3ccccc3)ccc21. The summed E-state index contributed by atoms with van der Waals surface area (Å²) in [7, 11) is 0. The number of nitrogens with two attached hydrogens (primary N) is 1. The van der Waals surface area contributed by atoms with Gasteiger partial charge in [0.15, 0.2) is 0 Å². The van der Waals surface area contributed by atoms with Gasteiger partial charge < -0.3 is 15.5 Å². The number of anilines is 1. The molecule has 0 aliphatic carbocycles. The van der Waals surface area contributed by atoms with E-state index in [-0.39, 0.29) is 5.91 Å². The van der Waals surface area contributed by atoms with Crippen molar-refractivity contribution in [2.75, 3.05) is 18.0 Å². The highest BCUT2D eigenvalue weighted by atomic mass is 16.2. The highest BCUT2D eigenvalue weighted by molar-refractivity contribution is 6.01. The number of primary amides is 1. The zero-order valence-corrected chi connectivity index (χ0v) is 14.0. The maximum atomic E-state index is 13.0. The van der Waals surface area contributed by atoms with Crippen LogP contribution < -0.4 is 10.6 Å². The van der Waals surface area contributed by atoms with E-state index in [1.54, 1.807) is 0 Å². The van der Waals surface area contributed by atoms with Crippen molar-refractivity contribution in [1.29, 1.82) is 0 Å². The summed E-state index contributed by atoms with van der Waals surface area (Å²) in [6.07, 6.45) is 2.35. The number of carbonyl (C=O) groups excluding carboxylic acids is 2. The van der Waals surface area contributed by atoms with Crippen molar-refractivity contribution >= 4 is 17.6 Å². The molecule has 0 aromatic heterocycles. The van der Waals surface area contributed by atoms with E-state index >= 15 is 0 Å². The minimum atomic E-state index is -0.505. The molecule has 2 aliphatic rings. The summed E-state index contributed by atoms with van der Waals surface area (Å²) in [6.45, 7) is 1.23. The van der Waals surface area contributed by atoms with Crippen LogP contribution in [0.15, 0.2) is 48.5 Å². The van der Waals surface area contributed by atoms with Gasteiger partial charge in [0.05, 0.1) is 0 Å². The number of amides is 3. The highest BCUT2D eigenvalue weighted by Crippen LogP contribution is 2.34. The molecule has 1 fully saturated rings. The van der Waals surface area contributed by atoms with Crippen molar-refractivity contribution in [3.8, 4) is 11.1 Å². The van der Waals surface area contributed by atoms with Crippen molar-refractivity contribution in [3.05, 3.63) is 54.1 Å². The second-order valence-electron chi connectivity index (χ2n) is 6.64. The maximum Gasteiger partial charge on any atom is 0.315 e. The number of fused-ring (bicyclic) bond motifs is 1. The van der Waals surface area contributed by atoms with Crippen LogP contribution in [0, 0.1) is 0 Å². The predicted octanol–water partition coefficient (Wildman–Crippen LogP) is 2.79. The fourth-order valence-electron chi connectivity index (χ4n) is 3.91. The Hall–Kier alpha value is -2.82.